The highest BCUT2D eigenvalue weighted by Gasteiger charge is 2.29. The van der Waals surface area contributed by atoms with E-state index in [9.17, 15) is 14.4 Å². The second kappa shape index (κ2) is 9.43. The minimum Gasteiger partial charge on any atom is -0.481 e. The SMILES string of the molecule is CC(CC(=O)N[C@H](C)CC(=O)O)NC(=O)OCC1c2ccccc2-c2ccccc21. The molecule has 1 aliphatic rings. The average Bonchev–Trinajstić information content (AvgIpc) is 2.99. The first kappa shape index (κ1) is 21.4. The van der Waals surface area contributed by atoms with Gasteiger partial charge in [0.1, 0.15) is 6.61 Å². The van der Waals surface area contributed by atoms with Crippen LogP contribution >= 0.6 is 0 Å². The lowest BCUT2D eigenvalue weighted by Crippen LogP contribution is -2.40. The molecule has 1 unspecified atom stereocenters. The van der Waals surface area contributed by atoms with E-state index in [1.807, 2.05) is 36.4 Å². The molecule has 0 bridgehead atoms. The van der Waals surface area contributed by atoms with Crippen molar-refractivity contribution in [3.63, 3.8) is 0 Å². The molecule has 7 heteroatoms. The Morgan fingerprint density at radius 3 is 2.00 bits per heavy atom. The highest BCUT2D eigenvalue weighted by atomic mass is 16.5. The minimum absolute atomic E-state index is 0.0291. The second-order valence-electron chi connectivity index (χ2n) is 7.64. The normalized spacial score (nSPS) is 14.2. The molecule has 3 rings (SSSR count). The lowest BCUT2D eigenvalue weighted by molar-refractivity contribution is -0.137. The van der Waals surface area contributed by atoms with Crippen LogP contribution in [0.5, 0.6) is 0 Å². The van der Waals surface area contributed by atoms with Gasteiger partial charge in [-0.3, -0.25) is 9.59 Å². The van der Waals surface area contributed by atoms with Gasteiger partial charge in [-0.15, -0.1) is 0 Å². The summed E-state index contributed by atoms with van der Waals surface area (Å²) >= 11 is 0. The van der Waals surface area contributed by atoms with Gasteiger partial charge in [-0.05, 0) is 36.1 Å². The number of hydrogen-bond donors (Lipinski definition) is 3. The highest BCUT2D eigenvalue weighted by molar-refractivity contribution is 5.80. The molecule has 0 aliphatic heterocycles. The molecule has 2 aromatic rings. The first-order chi connectivity index (χ1) is 14.3. The van der Waals surface area contributed by atoms with Crippen LogP contribution in [0.4, 0.5) is 4.79 Å². The molecule has 0 fully saturated rings. The first-order valence-corrected chi connectivity index (χ1v) is 9.97. The van der Waals surface area contributed by atoms with Gasteiger partial charge in [0, 0.05) is 24.4 Å². The molecular weight excluding hydrogens is 384 g/mol. The maximum atomic E-state index is 12.2. The van der Waals surface area contributed by atoms with Gasteiger partial charge in [-0.2, -0.15) is 0 Å². The van der Waals surface area contributed by atoms with Crippen LogP contribution in [0.2, 0.25) is 0 Å². The number of ether oxygens (including phenoxy) is 1. The van der Waals surface area contributed by atoms with Crippen molar-refractivity contribution in [1.82, 2.24) is 10.6 Å². The molecule has 0 radical (unpaired) electrons. The Bertz CT molecular complexity index is 897. The molecule has 0 spiro atoms. The molecular formula is C23H26N2O5. The first-order valence-electron chi connectivity index (χ1n) is 9.97. The number of rotatable bonds is 8. The number of carbonyl (C=O) groups is 3. The predicted octanol–water partition coefficient (Wildman–Crippen LogP) is 3.28. The van der Waals surface area contributed by atoms with Crippen LogP contribution < -0.4 is 10.6 Å². The van der Waals surface area contributed by atoms with E-state index in [1.165, 1.54) is 0 Å². The van der Waals surface area contributed by atoms with Crippen molar-refractivity contribution in [3.8, 4) is 11.1 Å². The van der Waals surface area contributed by atoms with Crippen molar-refractivity contribution < 1.29 is 24.2 Å². The summed E-state index contributed by atoms with van der Waals surface area (Å²) in [5.74, 6) is -1.33. The summed E-state index contributed by atoms with van der Waals surface area (Å²) < 4.78 is 5.47. The summed E-state index contributed by atoms with van der Waals surface area (Å²) in [4.78, 5) is 34.9. The number of hydrogen-bond acceptors (Lipinski definition) is 4. The molecule has 0 saturated carbocycles. The maximum Gasteiger partial charge on any atom is 0.407 e. The van der Waals surface area contributed by atoms with Crippen molar-refractivity contribution in [2.24, 2.45) is 0 Å². The van der Waals surface area contributed by atoms with Gasteiger partial charge in [0.25, 0.3) is 0 Å². The maximum absolute atomic E-state index is 12.2. The quantitative estimate of drug-likeness (QED) is 0.619. The van der Waals surface area contributed by atoms with E-state index in [1.54, 1.807) is 13.8 Å². The third kappa shape index (κ3) is 5.17. The van der Waals surface area contributed by atoms with Crippen molar-refractivity contribution >= 4 is 18.0 Å². The summed E-state index contributed by atoms with van der Waals surface area (Å²) in [7, 11) is 0. The summed E-state index contributed by atoms with van der Waals surface area (Å²) in [6.45, 7) is 3.52. The molecule has 0 aromatic heterocycles. The van der Waals surface area contributed by atoms with Crippen LogP contribution in [0, 0.1) is 0 Å². The summed E-state index contributed by atoms with van der Waals surface area (Å²) in [6, 6.07) is 15.3. The number of nitrogens with one attached hydrogen (secondary N) is 2. The smallest absolute Gasteiger partial charge is 0.407 e. The van der Waals surface area contributed by atoms with E-state index in [4.69, 9.17) is 9.84 Å². The largest absolute Gasteiger partial charge is 0.481 e. The number of aliphatic carboxylic acids is 1. The number of carbonyl (C=O) groups excluding carboxylic acids is 2. The van der Waals surface area contributed by atoms with Crippen LogP contribution in [0.3, 0.4) is 0 Å². The van der Waals surface area contributed by atoms with E-state index in [-0.39, 0.29) is 31.3 Å². The third-order valence-corrected chi connectivity index (χ3v) is 5.09. The lowest BCUT2D eigenvalue weighted by atomic mass is 9.98. The topological polar surface area (TPSA) is 105 Å². The summed E-state index contributed by atoms with van der Waals surface area (Å²) in [5, 5.41) is 14.0. The van der Waals surface area contributed by atoms with Gasteiger partial charge in [0.05, 0.1) is 6.42 Å². The molecule has 0 saturated heterocycles. The Hall–Kier alpha value is -3.35. The van der Waals surface area contributed by atoms with Crippen LogP contribution in [-0.2, 0) is 14.3 Å². The number of alkyl carbamates (subject to hydrolysis) is 1. The van der Waals surface area contributed by atoms with Crippen LogP contribution in [0.15, 0.2) is 48.5 Å². The number of amides is 2. The van der Waals surface area contributed by atoms with Crippen molar-refractivity contribution in [3.05, 3.63) is 59.7 Å². The average molecular weight is 410 g/mol. The van der Waals surface area contributed by atoms with E-state index in [0.29, 0.717) is 0 Å². The Labute approximate surface area is 175 Å². The monoisotopic (exact) mass is 410 g/mol. The predicted molar refractivity (Wildman–Crippen MR) is 112 cm³/mol. The zero-order chi connectivity index (χ0) is 21.7. The van der Waals surface area contributed by atoms with E-state index >= 15 is 0 Å². The van der Waals surface area contributed by atoms with Crippen molar-refractivity contribution in [1.29, 1.82) is 0 Å². The molecule has 2 amide bonds. The Balaban J connectivity index is 1.51. The van der Waals surface area contributed by atoms with Crippen molar-refractivity contribution in [2.75, 3.05) is 6.61 Å². The molecule has 158 valence electrons. The van der Waals surface area contributed by atoms with Crippen molar-refractivity contribution in [2.45, 2.75) is 44.7 Å². The number of carboxylic acids is 1. The molecule has 1 aliphatic carbocycles. The second-order valence-corrected chi connectivity index (χ2v) is 7.64. The fraction of sp³-hybridized carbons (Fsp3) is 0.348. The van der Waals surface area contributed by atoms with Gasteiger partial charge in [0.15, 0.2) is 0 Å². The van der Waals surface area contributed by atoms with Crippen LogP contribution in [-0.4, -0.2) is 41.8 Å². The minimum atomic E-state index is -0.979. The zero-order valence-corrected chi connectivity index (χ0v) is 17.1. The molecule has 30 heavy (non-hydrogen) atoms. The standard InChI is InChI=1S/C23H26N2O5/c1-14(11-21(26)24-15(2)12-22(27)28)25-23(29)30-13-20-18-9-5-3-7-16(18)17-8-4-6-10-19(17)20/h3-10,14-15,20H,11-13H2,1-2H3,(H,24,26)(H,25,29)(H,27,28)/t14?,15-/m1/s1. The zero-order valence-electron chi connectivity index (χ0n) is 17.1. The third-order valence-electron chi connectivity index (χ3n) is 5.09. The van der Waals surface area contributed by atoms with Crippen LogP contribution in [0.1, 0.15) is 43.7 Å². The fourth-order valence-electron chi connectivity index (χ4n) is 3.82. The molecule has 3 N–H and O–H groups in total. The van der Waals surface area contributed by atoms with Gasteiger partial charge in [0.2, 0.25) is 5.91 Å². The van der Waals surface area contributed by atoms with Gasteiger partial charge in [-0.1, -0.05) is 48.5 Å². The summed E-state index contributed by atoms with van der Waals surface area (Å²) in [6.07, 6.45) is -0.704. The Morgan fingerprint density at radius 2 is 1.43 bits per heavy atom. The number of carboxylic acid groups (broad SMARTS) is 1. The van der Waals surface area contributed by atoms with E-state index in [0.717, 1.165) is 22.3 Å². The number of benzene rings is 2. The summed E-state index contributed by atoms with van der Waals surface area (Å²) in [5.41, 5.74) is 4.57. The highest BCUT2D eigenvalue weighted by Crippen LogP contribution is 2.44. The van der Waals surface area contributed by atoms with E-state index in [2.05, 4.69) is 22.8 Å². The van der Waals surface area contributed by atoms with E-state index < -0.39 is 24.1 Å². The van der Waals surface area contributed by atoms with Gasteiger partial charge in [-0.25, -0.2) is 4.79 Å². The van der Waals surface area contributed by atoms with Gasteiger partial charge < -0.3 is 20.5 Å². The molecule has 2 atom stereocenters. The molecule has 7 nitrogen and oxygen atoms in total. The van der Waals surface area contributed by atoms with Crippen LogP contribution in [0.25, 0.3) is 11.1 Å². The van der Waals surface area contributed by atoms with Gasteiger partial charge >= 0.3 is 12.1 Å². The Morgan fingerprint density at radius 1 is 0.900 bits per heavy atom. The fourth-order valence-corrected chi connectivity index (χ4v) is 3.82. The lowest BCUT2D eigenvalue weighted by Gasteiger charge is -2.18. The molecule has 2 aromatic carbocycles. The molecule has 0 heterocycles. The Kier molecular flexibility index (Phi) is 6.72. The number of fused-ring (bicyclic) bond motifs is 3.